The van der Waals surface area contributed by atoms with Crippen molar-refractivity contribution in [3.05, 3.63) is 30.5 Å². The van der Waals surface area contributed by atoms with E-state index in [9.17, 15) is 8.78 Å². The van der Waals surface area contributed by atoms with Gasteiger partial charge < -0.3 is 16.2 Å². The van der Waals surface area contributed by atoms with Crippen molar-refractivity contribution in [1.29, 1.82) is 0 Å². The average Bonchev–Trinajstić information content (AvgIpc) is 2.36. The molecule has 4 N–H and O–H groups in total. The van der Waals surface area contributed by atoms with Crippen LogP contribution in [0.2, 0.25) is 0 Å². The van der Waals surface area contributed by atoms with Gasteiger partial charge in [-0.15, -0.1) is 0 Å². The second kappa shape index (κ2) is 4.73. The number of alkyl halides is 2. The molecule has 0 saturated heterocycles. The van der Waals surface area contributed by atoms with Gasteiger partial charge in [0.25, 0.3) is 5.92 Å². The molecule has 2 aromatic rings. The molecule has 4 nitrogen and oxygen atoms in total. The number of halogens is 2. The van der Waals surface area contributed by atoms with E-state index in [1.54, 1.807) is 24.3 Å². The van der Waals surface area contributed by atoms with Gasteiger partial charge in [0.05, 0.1) is 12.1 Å². The normalized spacial score (nSPS) is 11.7. The summed E-state index contributed by atoms with van der Waals surface area (Å²) in [5.41, 5.74) is 7.36. The highest BCUT2D eigenvalue weighted by Crippen LogP contribution is 2.24. The zero-order chi connectivity index (χ0) is 13.2. The average molecular weight is 253 g/mol. The van der Waals surface area contributed by atoms with Gasteiger partial charge in [0.2, 0.25) is 0 Å². The third-order valence-corrected chi connectivity index (χ3v) is 2.54. The predicted molar refractivity (Wildman–Crippen MR) is 66.7 cm³/mol. The molecule has 0 aliphatic heterocycles. The molecule has 0 aliphatic rings. The first-order chi connectivity index (χ1) is 8.52. The summed E-state index contributed by atoms with van der Waals surface area (Å²) in [5.74, 6) is -3.15. The van der Waals surface area contributed by atoms with Crippen LogP contribution >= 0.6 is 0 Å². The van der Waals surface area contributed by atoms with E-state index in [-0.39, 0.29) is 0 Å². The lowest BCUT2D eigenvalue weighted by Crippen LogP contribution is -2.31. The Labute approximate surface area is 102 Å². The summed E-state index contributed by atoms with van der Waals surface area (Å²) in [4.78, 5) is 4.11. The molecule has 1 aromatic heterocycles. The fraction of sp³-hybridized carbons (Fsp3) is 0.250. The highest BCUT2D eigenvalue weighted by atomic mass is 19.3. The summed E-state index contributed by atoms with van der Waals surface area (Å²) in [5, 5.41) is 11.8. The van der Waals surface area contributed by atoms with E-state index in [0.717, 1.165) is 0 Å². The highest BCUT2D eigenvalue weighted by molar-refractivity contribution is 5.92. The van der Waals surface area contributed by atoms with Crippen LogP contribution in [0.5, 0.6) is 0 Å². The molecule has 0 bridgehead atoms. The zero-order valence-electron chi connectivity index (χ0n) is 9.53. The molecule has 0 atom stereocenters. The Morgan fingerprint density at radius 2 is 2.11 bits per heavy atom. The Morgan fingerprint density at radius 1 is 1.33 bits per heavy atom. The summed E-state index contributed by atoms with van der Waals surface area (Å²) in [6.45, 7) is -1.82. The second-order valence-corrected chi connectivity index (χ2v) is 4.00. The van der Waals surface area contributed by atoms with Crippen LogP contribution in [0.25, 0.3) is 10.9 Å². The van der Waals surface area contributed by atoms with Crippen molar-refractivity contribution in [3.63, 3.8) is 0 Å². The lowest BCUT2D eigenvalue weighted by molar-refractivity contribution is -0.0372. The minimum atomic E-state index is -3.15. The topological polar surface area (TPSA) is 71.2 Å². The molecule has 1 heterocycles. The van der Waals surface area contributed by atoms with Crippen LogP contribution in [0.3, 0.4) is 0 Å². The third kappa shape index (κ3) is 2.65. The SMILES string of the molecule is Nc1ccc2c(NCC(F)(F)CO)ccnc2c1. The molecular weight excluding hydrogens is 240 g/mol. The second-order valence-electron chi connectivity index (χ2n) is 4.00. The number of rotatable bonds is 4. The Morgan fingerprint density at radius 3 is 2.83 bits per heavy atom. The van der Waals surface area contributed by atoms with E-state index in [0.29, 0.717) is 22.3 Å². The predicted octanol–water partition coefficient (Wildman–Crippen LogP) is 1.86. The Hall–Kier alpha value is -1.95. The smallest absolute Gasteiger partial charge is 0.287 e. The van der Waals surface area contributed by atoms with Crippen molar-refractivity contribution in [1.82, 2.24) is 4.98 Å². The molecule has 0 aliphatic carbocycles. The minimum Gasteiger partial charge on any atom is -0.399 e. The number of hydrogen-bond acceptors (Lipinski definition) is 4. The lowest BCUT2D eigenvalue weighted by atomic mass is 10.1. The van der Waals surface area contributed by atoms with E-state index >= 15 is 0 Å². The number of aromatic nitrogens is 1. The molecular formula is C12H13F2N3O. The van der Waals surface area contributed by atoms with Gasteiger partial charge in [-0.3, -0.25) is 4.98 Å². The first-order valence-corrected chi connectivity index (χ1v) is 5.39. The molecule has 18 heavy (non-hydrogen) atoms. The lowest BCUT2D eigenvalue weighted by Gasteiger charge is -2.16. The Bertz CT molecular complexity index is 560. The number of hydrogen-bond donors (Lipinski definition) is 3. The molecule has 0 unspecified atom stereocenters. The zero-order valence-corrected chi connectivity index (χ0v) is 9.53. The van der Waals surface area contributed by atoms with Crippen LogP contribution < -0.4 is 11.1 Å². The van der Waals surface area contributed by atoms with Gasteiger partial charge in [-0.1, -0.05) is 0 Å². The van der Waals surface area contributed by atoms with Crippen LogP contribution in [0.15, 0.2) is 30.5 Å². The number of nitrogens with zero attached hydrogens (tertiary/aromatic N) is 1. The maximum atomic E-state index is 13.0. The molecule has 2 rings (SSSR count). The molecule has 0 radical (unpaired) electrons. The number of nitrogen functional groups attached to an aromatic ring is 1. The summed E-state index contributed by atoms with van der Waals surface area (Å²) >= 11 is 0. The first-order valence-electron chi connectivity index (χ1n) is 5.39. The molecule has 0 amide bonds. The summed E-state index contributed by atoms with van der Waals surface area (Å²) in [6, 6.07) is 6.67. The monoisotopic (exact) mass is 253 g/mol. The van der Waals surface area contributed by atoms with Crippen molar-refractivity contribution in [3.8, 4) is 0 Å². The van der Waals surface area contributed by atoms with Gasteiger partial charge in [-0.25, -0.2) is 8.78 Å². The molecule has 0 fully saturated rings. The number of aliphatic hydroxyl groups excluding tert-OH is 1. The van der Waals surface area contributed by atoms with E-state index in [4.69, 9.17) is 10.8 Å². The number of aliphatic hydroxyl groups is 1. The van der Waals surface area contributed by atoms with Crippen molar-refractivity contribution in [2.75, 3.05) is 24.2 Å². The summed E-state index contributed by atoms with van der Waals surface area (Å²) in [6.07, 6.45) is 1.52. The quantitative estimate of drug-likeness (QED) is 0.727. The maximum absolute atomic E-state index is 13.0. The number of anilines is 2. The van der Waals surface area contributed by atoms with Crippen LogP contribution in [0.4, 0.5) is 20.2 Å². The molecule has 1 aromatic carbocycles. The molecule has 0 saturated carbocycles. The van der Waals surface area contributed by atoms with Crippen LogP contribution in [0, 0.1) is 0 Å². The van der Waals surface area contributed by atoms with Crippen molar-refractivity contribution in [2.24, 2.45) is 0 Å². The van der Waals surface area contributed by atoms with Crippen LogP contribution in [-0.4, -0.2) is 29.2 Å². The van der Waals surface area contributed by atoms with Gasteiger partial charge >= 0.3 is 0 Å². The van der Waals surface area contributed by atoms with E-state index in [2.05, 4.69) is 10.3 Å². The standard InChI is InChI=1S/C12H13F2N3O/c13-12(14,7-18)6-17-10-3-4-16-11-5-8(15)1-2-9(10)11/h1-5,18H,6-7,15H2,(H,16,17). The minimum absolute atomic E-state index is 0.535. The van der Waals surface area contributed by atoms with E-state index in [1.807, 2.05) is 0 Å². The number of pyridine rings is 1. The highest BCUT2D eigenvalue weighted by Gasteiger charge is 2.27. The summed E-state index contributed by atoms with van der Waals surface area (Å²) < 4.78 is 25.9. The molecule has 0 spiro atoms. The summed E-state index contributed by atoms with van der Waals surface area (Å²) in [7, 11) is 0. The number of nitrogens with two attached hydrogens (primary N) is 1. The van der Waals surface area contributed by atoms with Gasteiger partial charge in [-0.05, 0) is 24.3 Å². The van der Waals surface area contributed by atoms with Crippen LogP contribution in [-0.2, 0) is 0 Å². The maximum Gasteiger partial charge on any atom is 0.287 e. The van der Waals surface area contributed by atoms with E-state index in [1.165, 1.54) is 6.20 Å². The van der Waals surface area contributed by atoms with Crippen molar-refractivity contribution >= 4 is 22.3 Å². The Kier molecular flexibility index (Phi) is 3.29. The first kappa shape index (κ1) is 12.5. The third-order valence-electron chi connectivity index (χ3n) is 2.54. The number of fused-ring (bicyclic) bond motifs is 1. The molecule has 6 heteroatoms. The Balaban J connectivity index is 2.29. The van der Waals surface area contributed by atoms with Gasteiger partial charge in [0, 0.05) is 23.0 Å². The van der Waals surface area contributed by atoms with Crippen molar-refractivity contribution in [2.45, 2.75) is 5.92 Å². The van der Waals surface area contributed by atoms with E-state index < -0.39 is 19.1 Å². The van der Waals surface area contributed by atoms with Gasteiger partial charge in [0.1, 0.15) is 6.61 Å². The number of benzene rings is 1. The van der Waals surface area contributed by atoms with Gasteiger partial charge in [0.15, 0.2) is 0 Å². The molecule has 96 valence electrons. The van der Waals surface area contributed by atoms with Gasteiger partial charge in [-0.2, -0.15) is 0 Å². The largest absolute Gasteiger partial charge is 0.399 e. The number of nitrogens with one attached hydrogen (secondary N) is 1. The van der Waals surface area contributed by atoms with Crippen molar-refractivity contribution < 1.29 is 13.9 Å². The fourth-order valence-electron chi connectivity index (χ4n) is 1.60. The fourth-order valence-corrected chi connectivity index (χ4v) is 1.60. The van der Waals surface area contributed by atoms with Crippen LogP contribution in [0.1, 0.15) is 0 Å².